The van der Waals surface area contributed by atoms with Gasteiger partial charge in [0.25, 0.3) is 0 Å². The zero-order chi connectivity index (χ0) is 11.5. The Bertz CT molecular complexity index is 545. The Kier molecular flexibility index (Phi) is 2.68. The Labute approximate surface area is 102 Å². The molecule has 0 aliphatic heterocycles. The predicted octanol–water partition coefficient (Wildman–Crippen LogP) is 3.58. The van der Waals surface area contributed by atoms with E-state index < -0.39 is 0 Å². The lowest BCUT2D eigenvalue weighted by Gasteiger charge is -2.04. The Morgan fingerprint density at radius 1 is 0.647 bits per heavy atom. The molecule has 2 aromatic carbocycles. The van der Waals surface area contributed by atoms with Gasteiger partial charge in [-0.15, -0.1) is 0 Å². The van der Waals surface area contributed by atoms with Crippen LogP contribution in [0.1, 0.15) is 28.7 Å². The Morgan fingerprint density at radius 3 is 1.65 bits per heavy atom. The van der Waals surface area contributed by atoms with E-state index in [0.717, 1.165) is 12.8 Å². The van der Waals surface area contributed by atoms with Gasteiger partial charge in [-0.1, -0.05) is 48.2 Å². The average Bonchev–Trinajstić information content (AvgIpc) is 2.47. The molecule has 0 heterocycles. The van der Waals surface area contributed by atoms with Gasteiger partial charge in [0.05, 0.1) is 0 Å². The minimum Gasteiger partial charge on any atom is -0.0619 e. The quantitative estimate of drug-likeness (QED) is 0.593. The van der Waals surface area contributed by atoms with Crippen molar-refractivity contribution in [3.05, 3.63) is 70.8 Å². The standard InChI is InChI=1S/C17H14/c1-3-8-16-12-13-17-9-4-2-7-15(17)11-5-10-14(16)6-1/h1-4,6-9H,5,10-11H2. The minimum atomic E-state index is 1.12. The van der Waals surface area contributed by atoms with Crippen LogP contribution in [-0.2, 0) is 12.8 Å². The summed E-state index contributed by atoms with van der Waals surface area (Å²) in [6.07, 6.45) is 3.44. The van der Waals surface area contributed by atoms with Crippen LogP contribution in [0.25, 0.3) is 0 Å². The van der Waals surface area contributed by atoms with Gasteiger partial charge < -0.3 is 0 Å². The van der Waals surface area contributed by atoms with Crippen molar-refractivity contribution in [2.24, 2.45) is 0 Å². The molecule has 0 amide bonds. The second-order valence-corrected chi connectivity index (χ2v) is 4.42. The van der Waals surface area contributed by atoms with E-state index in [1.807, 2.05) is 0 Å². The van der Waals surface area contributed by atoms with Crippen LogP contribution in [0, 0.1) is 11.8 Å². The van der Waals surface area contributed by atoms with Crippen LogP contribution >= 0.6 is 0 Å². The molecule has 0 atom stereocenters. The monoisotopic (exact) mass is 218 g/mol. The first-order valence-electron chi connectivity index (χ1n) is 6.11. The zero-order valence-corrected chi connectivity index (χ0v) is 9.74. The van der Waals surface area contributed by atoms with E-state index in [0.29, 0.717) is 0 Å². The fourth-order valence-electron chi connectivity index (χ4n) is 2.32. The SMILES string of the molecule is C1#Cc2ccccc2CCCc2ccccc21. The first-order valence-corrected chi connectivity index (χ1v) is 6.11. The third-order valence-corrected chi connectivity index (χ3v) is 3.26. The summed E-state index contributed by atoms with van der Waals surface area (Å²) in [6, 6.07) is 17.0. The van der Waals surface area contributed by atoms with Crippen LogP contribution in [0.5, 0.6) is 0 Å². The minimum absolute atomic E-state index is 1.12. The van der Waals surface area contributed by atoms with Crippen LogP contribution in [0.3, 0.4) is 0 Å². The summed E-state index contributed by atoms with van der Waals surface area (Å²) < 4.78 is 0. The van der Waals surface area contributed by atoms with Gasteiger partial charge in [-0.05, 0) is 42.5 Å². The summed E-state index contributed by atoms with van der Waals surface area (Å²) in [7, 11) is 0. The van der Waals surface area contributed by atoms with Crippen LogP contribution in [-0.4, -0.2) is 0 Å². The molecule has 0 N–H and O–H groups in total. The van der Waals surface area contributed by atoms with E-state index in [4.69, 9.17) is 0 Å². The summed E-state index contributed by atoms with van der Waals surface area (Å²) >= 11 is 0. The highest BCUT2D eigenvalue weighted by atomic mass is 14.1. The average molecular weight is 218 g/mol. The fourth-order valence-corrected chi connectivity index (χ4v) is 2.32. The van der Waals surface area contributed by atoms with Crippen molar-refractivity contribution in [1.82, 2.24) is 0 Å². The predicted molar refractivity (Wildman–Crippen MR) is 70.9 cm³/mol. The second-order valence-electron chi connectivity index (χ2n) is 4.42. The molecule has 17 heavy (non-hydrogen) atoms. The normalized spacial score (nSPS) is 13.2. The topological polar surface area (TPSA) is 0 Å². The molecule has 0 bridgehead atoms. The molecular weight excluding hydrogens is 204 g/mol. The maximum absolute atomic E-state index is 3.31. The molecule has 0 saturated heterocycles. The molecular formula is C17H14. The lowest BCUT2D eigenvalue weighted by atomic mass is 10.0. The third kappa shape index (κ3) is 2.10. The van der Waals surface area contributed by atoms with E-state index in [9.17, 15) is 0 Å². The highest BCUT2D eigenvalue weighted by Gasteiger charge is 2.04. The lowest BCUT2D eigenvalue weighted by molar-refractivity contribution is 0.819. The largest absolute Gasteiger partial charge is 0.0619 e. The third-order valence-electron chi connectivity index (χ3n) is 3.26. The second kappa shape index (κ2) is 4.47. The smallest absolute Gasteiger partial charge is 0.0281 e. The maximum Gasteiger partial charge on any atom is 0.0281 e. The Morgan fingerprint density at radius 2 is 1.12 bits per heavy atom. The van der Waals surface area contributed by atoms with E-state index in [1.54, 1.807) is 0 Å². The van der Waals surface area contributed by atoms with Crippen LogP contribution in [0.2, 0.25) is 0 Å². The molecule has 0 spiro atoms. The van der Waals surface area contributed by atoms with Gasteiger partial charge >= 0.3 is 0 Å². The Balaban J connectivity index is 2.11. The van der Waals surface area contributed by atoms with Gasteiger partial charge in [0.2, 0.25) is 0 Å². The summed E-state index contributed by atoms with van der Waals surface area (Å²) in [5.74, 6) is 6.62. The van der Waals surface area contributed by atoms with Crippen molar-refractivity contribution in [3.63, 3.8) is 0 Å². The van der Waals surface area contributed by atoms with Gasteiger partial charge in [0.1, 0.15) is 0 Å². The Hall–Kier alpha value is -2.00. The molecule has 3 rings (SSSR count). The number of aryl methyl sites for hydroxylation is 2. The van der Waals surface area contributed by atoms with Crippen molar-refractivity contribution in [3.8, 4) is 11.8 Å². The lowest BCUT2D eigenvalue weighted by Crippen LogP contribution is -1.93. The van der Waals surface area contributed by atoms with E-state index in [1.165, 1.54) is 28.7 Å². The van der Waals surface area contributed by atoms with Crippen molar-refractivity contribution in [1.29, 1.82) is 0 Å². The van der Waals surface area contributed by atoms with Gasteiger partial charge in [0, 0.05) is 11.1 Å². The van der Waals surface area contributed by atoms with E-state index in [2.05, 4.69) is 60.4 Å². The van der Waals surface area contributed by atoms with E-state index in [-0.39, 0.29) is 0 Å². The molecule has 0 fully saturated rings. The summed E-state index contributed by atoms with van der Waals surface area (Å²) in [5, 5.41) is 0. The van der Waals surface area contributed by atoms with Crippen molar-refractivity contribution in [2.75, 3.05) is 0 Å². The molecule has 1 aliphatic carbocycles. The number of hydrogen-bond donors (Lipinski definition) is 0. The summed E-state index contributed by atoms with van der Waals surface area (Å²) in [4.78, 5) is 0. The highest BCUT2D eigenvalue weighted by Crippen LogP contribution is 2.17. The highest BCUT2D eigenvalue weighted by molar-refractivity contribution is 5.49. The summed E-state index contributed by atoms with van der Waals surface area (Å²) in [5.41, 5.74) is 5.13. The van der Waals surface area contributed by atoms with Crippen molar-refractivity contribution in [2.45, 2.75) is 19.3 Å². The molecule has 2 aromatic rings. The molecule has 0 heteroatoms. The molecule has 0 unspecified atom stereocenters. The zero-order valence-electron chi connectivity index (χ0n) is 9.74. The van der Waals surface area contributed by atoms with E-state index >= 15 is 0 Å². The number of rotatable bonds is 0. The van der Waals surface area contributed by atoms with Crippen molar-refractivity contribution < 1.29 is 0 Å². The molecule has 0 nitrogen and oxygen atoms in total. The first kappa shape index (κ1) is 10.2. The number of fused-ring (bicyclic) bond motifs is 2. The van der Waals surface area contributed by atoms with Gasteiger partial charge in [0.15, 0.2) is 0 Å². The molecule has 82 valence electrons. The summed E-state index contributed by atoms with van der Waals surface area (Å²) in [6.45, 7) is 0. The number of benzene rings is 2. The van der Waals surface area contributed by atoms with Gasteiger partial charge in [-0.2, -0.15) is 0 Å². The van der Waals surface area contributed by atoms with Gasteiger partial charge in [-0.25, -0.2) is 0 Å². The fraction of sp³-hybridized carbons (Fsp3) is 0.176. The van der Waals surface area contributed by atoms with Gasteiger partial charge in [-0.3, -0.25) is 0 Å². The van der Waals surface area contributed by atoms with Crippen LogP contribution in [0.15, 0.2) is 48.5 Å². The van der Waals surface area contributed by atoms with Crippen LogP contribution in [0.4, 0.5) is 0 Å². The molecule has 0 saturated carbocycles. The number of hydrogen-bond acceptors (Lipinski definition) is 0. The molecule has 0 aromatic heterocycles. The maximum atomic E-state index is 3.31. The molecule has 0 radical (unpaired) electrons. The van der Waals surface area contributed by atoms with Crippen LogP contribution < -0.4 is 0 Å². The first-order chi connectivity index (χ1) is 8.43. The molecule has 1 aliphatic rings. The van der Waals surface area contributed by atoms with Crippen molar-refractivity contribution >= 4 is 0 Å².